The molecule has 0 amide bonds. The minimum Gasteiger partial charge on any atom is -0.493 e. The molecule has 1 rings (SSSR count). The fourth-order valence-electron chi connectivity index (χ4n) is 2.21. The van der Waals surface area contributed by atoms with Gasteiger partial charge in [0, 0.05) is 47.3 Å². The van der Waals surface area contributed by atoms with E-state index in [1.165, 1.54) is 18.4 Å². The number of benzene rings is 1. The van der Waals surface area contributed by atoms with Crippen LogP contribution in [0.15, 0.2) is 29.3 Å². The van der Waals surface area contributed by atoms with Crippen molar-refractivity contribution in [1.29, 1.82) is 0 Å². The van der Waals surface area contributed by atoms with E-state index in [4.69, 9.17) is 9.47 Å². The monoisotopic (exact) mass is 449 g/mol. The number of rotatable bonds is 10. The van der Waals surface area contributed by atoms with E-state index in [9.17, 15) is 0 Å². The highest BCUT2D eigenvalue weighted by molar-refractivity contribution is 14.0. The first kappa shape index (κ1) is 23.0. The largest absolute Gasteiger partial charge is 0.493 e. The number of unbranched alkanes of at least 4 members (excludes halogenated alkanes) is 1. The molecule has 0 unspecified atom stereocenters. The second kappa shape index (κ2) is 14.3. The summed E-state index contributed by atoms with van der Waals surface area (Å²) in [5.74, 6) is 1.82. The van der Waals surface area contributed by atoms with Gasteiger partial charge in [-0.05, 0) is 24.1 Å². The Labute approximate surface area is 163 Å². The van der Waals surface area contributed by atoms with Crippen molar-refractivity contribution >= 4 is 29.9 Å². The van der Waals surface area contributed by atoms with Gasteiger partial charge in [0.25, 0.3) is 0 Å². The Kier molecular flexibility index (Phi) is 13.7. The third-order valence-electron chi connectivity index (χ3n) is 3.53. The molecule has 0 aliphatic rings. The maximum atomic E-state index is 5.73. The minimum absolute atomic E-state index is 0. The summed E-state index contributed by atoms with van der Waals surface area (Å²) in [4.78, 5) is 6.50. The summed E-state index contributed by atoms with van der Waals surface area (Å²) in [6, 6.07) is 8.16. The topological polar surface area (TPSA) is 46.1 Å². The first-order valence-corrected chi connectivity index (χ1v) is 8.33. The molecule has 0 saturated heterocycles. The highest BCUT2D eigenvalue weighted by atomic mass is 127. The molecule has 0 aromatic heterocycles. The number of nitrogens with one attached hydrogen (secondary N) is 1. The quantitative estimate of drug-likeness (QED) is 0.257. The predicted molar refractivity (Wildman–Crippen MR) is 112 cm³/mol. The molecular formula is C18H32IN3O2. The standard InChI is InChI=1S/C18H31N3O2.HI/c1-5-6-11-21(3)18(19-2)20-15-16-9-7-10-17(14-16)23-13-8-12-22-4;/h7,9-10,14H,5-6,8,11-13,15H2,1-4H3,(H,19,20);1H. The number of hydrogen-bond donors (Lipinski definition) is 1. The highest BCUT2D eigenvalue weighted by Gasteiger charge is 2.05. The molecule has 24 heavy (non-hydrogen) atoms. The molecule has 5 nitrogen and oxygen atoms in total. The van der Waals surface area contributed by atoms with Crippen LogP contribution in [0.3, 0.4) is 0 Å². The van der Waals surface area contributed by atoms with Gasteiger partial charge in [0.2, 0.25) is 0 Å². The number of ether oxygens (including phenoxy) is 2. The molecule has 6 heteroatoms. The SMILES string of the molecule is CCCCN(C)C(=NC)NCc1cccc(OCCCOC)c1.I. The Morgan fingerprint density at radius 3 is 2.71 bits per heavy atom. The Hall–Kier alpha value is -1.02. The first-order valence-electron chi connectivity index (χ1n) is 8.33. The molecule has 0 aliphatic heterocycles. The smallest absolute Gasteiger partial charge is 0.193 e. The van der Waals surface area contributed by atoms with Gasteiger partial charge in [0.15, 0.2) is 5.96 Å². The van der Waals surface area contributed by atoms with E-state index >= 15 is 0 Å². The summed E-state index contributed by atoms with van der Waals surface area (Å²) in [6.07, 6.45) is 3.25. The third-order valence-corrected chi connectivity index (χ3v) is 3.53. The molecule has 138 valence electrons. The van der Waals surface area contributed by atoms with Crippen LogP contribution in [-0.4, -0.2) is 51.8 Å². The zero-order chi connectivity index (χ0) is 16.9. The zero-order valence-corrected chi connectivity index (χ0v) is 17.7. The number of nitrogens with zero attached hydrogens (tertiary/aromatic N) is 2. The molecule has 0 heterocycles. The van der Waals surface area contributed by atoms with Gasteiger partial charge in [-0.2, -0.15) is 0 Å². The maximum Gasteiger partial charge on any atom is 0.193 e. The number of halogens is 1. The molecule has 0 bridgehead atoms. The molecular weight excluding hydrogens is 417 g/mol. The van der Waals surface area contributed by atoms with E-state index in [0.29, 0.717) is 6.61 Å². The summed E-state index contributed by atoms with van der Waals surface area (Å²) >= 11 is 0. The van der Waals surface area contributed by atoms with Crippen LogP contribution in [0.1, 0.15) is 31.7 Å². The molecule has 1 N–H and O–H groups in total. The predicted octanol–water partition coefficient (Wildman–Crippen LogP) is 3.53. The van der Waals surface area contributed by atoms with Crippen LogP contribution in [0.4, 0.5) is 0 Å². The van der Waals surface area contributed by atoms with Crippen LogP contribution in [0.25, 0.3) is 0 Å². The van der Waals surface area contributed by atoms with Gasteiger partial charge in [0.1, 0.15) is 5.75 Å². The second-order valence-corrected chi connectivity index (χ2v) is 5.52. The van der Waals surface area contributed by atoms with E-state index in [1.54, 1.807) is 7.11 Å². The summed E-state index contributed by atoms with van der Waals surface area (Å²) in [5, 5.41) is 3.40. The molecule has 0 saturated carbocycles. The lowest BCUT2D eigenvalue weighted by Crippen LogP contribution is -2.38. The molecule has 0 fully saturated rings. The Morgan fingerprint density at radius 2 is 2.04 bits per heavy atom. The summed E-state index contributed by atoms with van der Waals surface area (Å²) in [7, 11) is 5.59. The van der Waals surface area contributed by atoms with Crippen molar-refractivity contribution in [3.05, 3.63) is 29.8 Å². The van der Waals surface area contributed by atoms with Gasteiger partial charge in [-0.25, -0.2) is 0 Å². The van der Waals surface area contributed by atoms with Crippen LogP contribution in [0, 0.1) is 0 Å². The molecule has 0 spiro atoms. The second-order valence-electron chi connectivity index (χ2n) is 5.52. The lowest BCUT2D eigenvalue weighted by molar-refractivity contribution is 0.172. The molecule has 0 atom stereocenters. The Morgan fingerprint density at radius 1 is 1.25 bits per heavy atom. The van der Waals surface area contributed by atoms with E-state index < -0.39 is 0 Å². The van der Waals surface area contributed by atoms with Gasteiger partial charge in [0.05, 0.1) is 6.61 Å². The number of methoxy groups -OCH3 is 1. The van der Waals surface area contributed by atoms with Gasteiger partial charge in [-0.3, -0.25) is 4.99 Å². The van der Waals surface area contributed by atoms with E-state index in [2.05, 4.69) is 41.3 Å². The molecule has 0 radical (unpaired) electrons. The lowest BCUT2D eigenvalue weighted by Gasteiger charge is -2.22. The Bertz CT molecular complexity index is 469. The molecule has 0 aliphatic carbocycles. The zero-order valence-electron chi connectivity index (χ0n) is 15.4. The van der Waals surface area contributed by atoms with Crippen LogP contribution in [0.2, 0.25) is 0 Å². The van der Waals surface area contributed by atoms with E-state index in [1.807, 2.05) is 19.2 Å². The van der Waals surface area contributed by atoms with Crippen LogP contribution < -0.4 is 10.1 Å². The van der Waals surface area contributed by atoms with E-state index in [-0.39, 0.29) is 24.0 Å². The van der Waals surface area contributed by atoms with Crippen molar-refractivity contribution in [2.45, 2.75) is 32.7 Å². The lowest BCUT2D eigenvalue weighted by atomic mass is 10.2. The van der Waals surface area contributed by atoms with Gasteiger partial charge >= 0.3 is 0 Å². The normalized spacial score (nSPS) is 10.9. The molecule has 1 aromatic carbocycles. The number of hydrogen-bond acceptors (Lipinski definition) is 3. The van der Waals surface area contributed by atoms with Gasteiger partial charge in [-0.15, -0.1) is 24.0 Å². The van der Waals surface area contributed by atoms with Crippen molar-refractivity contribution in [3.63, 3.8) is 0 Å². The number of aliphatic imine (C=N–C) groups is 1. The van der Waals surface area contributed by atoms with Gasteiger partial charge in [-0.1, -0.05) is 25.5 Å². The average Bonchev–Trinajstić information content (AvgIpc) is 2.58. The van der Waals surface area contributed by atoms with Crippen molar-refractivity contribution in [2.75, 3.05) is 41.0 Å². The number of guanidine groups is 1. The fourth-order valence-corrected chi connectivity index (χ4v) is 2.21. The molecule has 1 aromatic rings. The van der Waals surface area contributed by atoms with E-state index in [0.717, 1.165) is 37.8 Å². The average molecular weight is 449 g/mol. The van der Waals surface area contributed by atoms with Crippen molar-refractivity contribution < 1.29 is 9.47 Å². The fraction of sp³-hybridized carbons (Fsp3) is 0.611. The minimum atomic E-state index is 0. The maximum absolute atomic E-state index is 5.73. The Balaban J connectivity index is 0.00000529. The van der Waals surface area contributed by atoms with Crippen molar-refractivity contribution in [2.24, 2.45) is 4.99 Å². The van der Waals surface area contributed by atoms with Crippen LogP contribution >= 0.6 is 24.0 Å². The summed E-state index contributed by atoms with van der Waals surface area (Å²) in [6.45, 7) is 5.34. The first-order chi connectivity index (χ1) is 11.2. The van der Waals surface area contributed by atoms with Crippen molar-refractivity contribution in [3.8, 4) is 5.75 Å². The van der Waals surface area contributed by atoms with Gasteiger partial charge < -0.3 is 19.7 Å². The van der Waals surface area contributed by atoms with Crippen molar-refractivity contribution in [1.82, 2.24) is 10.2 Å². The van der Waals surface area contributed by atoms with Crippen LogP contribution in [0.5, 0.6) is 5.75 Å². The highest BCUT2D eigenvalue weighted by Crippen LogP contribution is 2.13. The third kappa shape index (κ3) is 9.32. The van der Waals surface area contributed by atoms with Crippen LogP contribution in [-0.2, 0) is 11.3 Å². The summed E-state index contributed by atoms with van der Waals surface area (Å²) in [5.41, 5.74) is 1.18. The summed E-state index contributed by atoms with van der Waals surface area (Å²) < 4.78 is 10.8.